The summed E-state index contributed by atoms with van der Waals surface area (Å²) in [6.45, 7) is 1.56. The fourth-order valence-corrected chi connectivity index (χ4v) is 4.62. The van der Waals surface area contributed by atoms with E-state index in [1.165, 1.54) is 0 Å². The average Bonchev–Trinajstić information content (AvgIpc) is 3.28. The number of nitrogens with one attached hydrogen (secondary N) is 1. The molecule has 1 aliphatic rings. The topological polar surface area (TPSA) is 97.8 Å². The van der Waals surface area contributed by atoms with Crippen LogP contribution >= 0.6 is 0 Å². The van der Waals surface area contributed by atoms with Crippen molar-refractivity contribution in [1.82, 2.24) is 0 Å². The van der Waals surface area contributed by atoms with E-state index < -0.39 is 0 Å². The van der Waals surface area contributed by atoms with Crippen LogP contribution < -0.4 is 20.7 Å². The third-order valence-electron chi connectivity index (χ3n) is 6.55. The number of hydrogen-bond acceptors (Lipinski definition) is 5. The van der Waals surface area contributed by atoms with E-state index in [2.05, 4.69) is 10.2 Å². The number of fused-ring (bicyclic) bond motifs is 1. The van der Waals surface area contributed by atoms with Gasteiger partial charge in [-0.15, -0.1) is 0 Å². The predicted molar refractivity (Wildman–Crippen MR) is 137 cm³/mol. The van der Waals surface area contributed by atoms with Crippen molar-refractivity contribution in [3.8, 4) is 16.9 Å². The number of ether oxygens (including phenoxy) is 1. The van der Waals surface area contributed by atoms with Crippen LogP contribution in [0.4, 0.5) is 11.4 Å². The summed E-state index contributed by atoms with van der Waals surface area (Å²) in [4.78, 5) is 27.0. The molecule has 1 fully saturated rings. The number of primary amides is 1. The van der Waals surface area contributed by atoms with Crippen molar-refractivity contribution in [2.45, 2.75) is 12.8 Å². The molecule has 3 N–H and O–H groups in total. The minimum atomic E-state index is -0.325. The number of nitrogens with two attached hydrogens (primary N) is 1. The Balaban J connectivity index is 1.38. The summed E-state index contributed by atoms with van der Waals surface area (Å²) in [6, 6.07) is 23.0. The van der Waals surface area contributed by atoms with E-state index in [4.69, 9.17) is 14.9 Å². The van der Waals surface area contributed by atoms with Crippen molar-refractivity contribution in [3.63, 3.8) is 0 Å². The molecule has 4 aromatic rings. The summed E-state index contributed by atoms with van der Waals surface area (Å²) in [6.07, 6.45) is 1.51. The van der Waals surface area contributed by atoms with E-state index in [1.54, 1.807) is 13.2 Å². The molecule has 1 saturated heterocycles. The minimum absolute atomic E-state index is 0.0487. The van der Waals surface area contributed by atoms with Crippen LogP contribution in [0.2, 0.25) is 0 Å². The molecule has 178 valence electrons. The van der Waals surface area contributed by atoms with Gasteiger partial charge in [0.05, 0.1) is 7.11 Å². The van der Waals surface area contributed by atoms with Gasteiger partial charge in [-0.05, 0) is 54.8 Å². The Morgan fingerprint density at radius 3 is 2.37 bits per heavy atom. The molecule has 3 aromatic carbocycles. The molecule has 0 bridgehead atoms. The lowest BCUT2D eigenvalue weighted by Gasteiger charge is -2.32. The summed E-state index contributed by atoms with van der Waals surface area (Å²) < 4.78 is 11.4. The molecule has 0 unspecified atom stereocenters. The van der Waals surface area contributed by atoms with Gasteiger partial charge in [0.25, 0.3) is 5.91 Å². The van der Waals surface area contributed by atoms with Gasteiger partial charge in [0.1, 0.15) is 11.3 Å². The molecule has 35 heavy (non-hydrogen) atoms. The first-order chi connectivity index (χ1) is 17.0. The van der Waals surface area contributed by atoms with Gasteiger partial charge in [0.2, 0.25) is 11.7 Å². The monoisotopic (exact) mass is 469 g/mol. The second-order valence-electron chi connectivity index (χ2n) is 8.70. The van der Waals surface area contributed by atoms with E-state index in [0.717, 1.165) is 48.1 Å². The number of carbonyl (C=O) groups excluding carboxylic acids is 2. The number of piperidine rings is 1. The van der Waals surface area contributed by atoms with E-state index in [-0.39, 0.29) is 23.5 Å². The van der Waals surface area contributed by atoms with Gasteiger partial charge in [-0.1, -0.05) is 30.3 Å². The SMILES string of the molecule is COc1ccc2c(-c3ccccc3)c(C(=O)Nc3ccc(N4CCC(C(N)=O)CC4)cc3)oc2c1. The van der Waals surface area contributed by atoms with Crippen LogP contribution in [0.1, 0.15) is 23.4 Å². The normalized spacial score (nSPS) is 14.1. The minimum Gasteiger partial charge on any atom is -0.497 e. The molecular weight excluding hydrogens is 442 g/mol. The van der Waals surface area contributed by atoms with Crippen molar-refractivity contribution in [3.05, 3.63) is 78.6 Å². The number of benzene rings is 3. The maximum absolute atomic E-state index is 13.3. The number of hydrogen-bond donors (Lipinski definition) is 2. The zero-order chi connectivity index (χ0) is 24.4. The summed E-state index contributed by atoms with van der Waals surface area (Å²) in [5.41, 5.74) is 9.39. The molecule has 2 amide bonds. The number of methoxy groups -OCH3 is 1. The Morgan fingerprint density at radius 2 is 1.71 bits per heavy atom. The summed E-state index contributed by atoms with van der Waals surface area (Å²) in [7, 11) is 1.60. The quantitative estimate of drug-likeness (QED) is 0.411. The lowest BCUT2D eigenvalue weighted by atomic mass is 9.96. The van der Waals surface area contributed by atoms with Crippen LogP contribution in [0, 0.1) is 5.92 Å². The molecule has 2 heterocycles. The summed E-state index contributed by atoms with van der Waals surface area (Å²) >= 11 is 0. The van der Waals surface area contributed by atoms with Gasteiger partial charge >= 0.3 is 0 Å². The first-order valence-corrected chi connectivity index (χ1v) is 11.6. The Morgan fingerprint density at radius 1 is 1.00 bits per heavy atom. The zero-order valence-electron chi connectivity index (χ0n) is 19.5. The molecular formula is C28H27N3O4. The Bertz CT molecular complexity index is 1350. The highest BCUT2D eigenvalue weighted by Gasteiger charge is 2.24. The number of rotatable bonds is 6. The molecule has 7 heteroatoms. The second-order valence-corrected chi connectivity index (χ2v) is 8.70. The van der Waals surface area contributed by atoms with Gasteiger partial charge in [0, 0.05) is 47.4 Å². The lowest BCUT2D eigenvalue weighted by Crippen LogP contribution is -2.38. The summed E-state index contributed by atoms with van der Waals surface area (Å²) in [5.74, 6) is 0.313. The van der Waals surface area contributed by atoms with Crippen molar-refractivity contribution >= 4 is 34.2 Å². The van der Waals surface area contributed by atoms with E-state index in [1.807, 2.05) is 66.7 Å². The molecule has 0 aliphatic carbocycles. The van der Waals surface area contributed by atoms with Crippen LogP contribution in [-0.4, -0.2) is 32.0 Å². The van der Waals surface area contributed by atoms with Gasteiger partial charge in [-0.3, -0.25) is 9.59 Å². The lowest BCUT2D eigenvalue weighted by molar-refractivity contribution is -0.122. The first-order valence-electron chi connectivity index (χ1n) is 11.6. The highest BCUT2D eigenvalue weighted by atomic mass is 16.5. The Labute approximate surface area is 203 Å². The smallest absolute Gasteiger partial charge is 0.292 e. The number of amides is 2. The van der Waals surface area contributed by atoms with Gasteiger partial charge in [0.15, 0.2) is 0 Å². The standard InChI is InChI=1S/C28H27N3O4/c1-34-22-11-12-23-24(17-22)35-26(25(23)18-5-3-2-4-6-18)28(33)30-20-7-9-21(10-8-20)31-15-13-19(14-16-31)27(29)32/h2-12,17,19H,13-16H2,1H3,(H2,29,32)(H,30,33). The Hall–Kier alpha value is -4.26. The largest absolute Gasteiger partial charge is 0.497 e. The fourth-order valence-electron chi connectivity index (χ4n) is 4.62. The average molecular weight is 470 g/mol. The van der Waals surface area contributed by atoms with Crippen molar-refractivity contribution in [1.29, 1.82) is 0 Å². The number of nitrogens with zero attached hydrogens (tertiary/aromatic N) is 1. The summed E-state index contributed by atoms with van der Waals surface area (Å²) in [5, 5.41) is 3.81. The van der Waals surface area contributed by atoms with E-state index in [0.29, 0.717) is 17.0 Å². The van der Waals surface area contributed by atoms with Crippen molar-refractivity contribution in [2.24, 2.45) is 11.7 Å². The maximum Gasteiger partial charge on any atom is 0.292 e. The van der Waals surface area contributed by atoms with Gasteiger partial charge < -0.3 is 25.1 Å². The third-order valence-corrected chi connectivity index (χ3v) is 6.55. The molecule has 0 saturated carbocycles. The van der Waals surface area contributed by atoms with E-state index in [9.17, 15) is 9.59 Å². The number of anilines is 2. The maximum atomic E-state index is 13.3. The zero-order valence-corrected chi connectivity index (χ0v) is 19.5. The highest BCUT2D eigenvalue weighted by Crippen LogP contribution is 2.37. The van der Waals surface area contributed by atoms with Crippen LogP contribution in [0.25, 0.3) is 22.1 Å². The molecule has 0 atom stereocenters. The third kappa shape index (κ3) is 4.57. The Kier molecular flexibility index (Phi) is 6.14. The number of furan rings is 1. The first kappa shape index (κ1) is 22.5. The molecule has 5 rings (SSSR count). The van der Waals surface area contributed by atoms with Crippen LogP contribution in [0.3, 0.4) is 0 Å². The molecule has 0 radical (unpaired) electrons. The van der Waals surface area contributed by atoms with Crippen molar-refractivity contribution in [2.75, 3.05) is 30.4 Å². The highest BCUT2D eigenvalue weighted by molar-refractivity contribution is 6.12. The van der Waals surface area contributed by atoms with E-state index >= 15 is 0 Å². The second kappa shape index (κ2) is 9.54. The van der Waals surface area contributed by atoms with Crippen LogP contribution in [-0.2, 0) is 4.79 Å². The molecule has 7 nitrogen and oxygen atoms in total. The molecule has 1 aliphatic heterocycles. The predicted octanol–water partition coefficient (Wildman–Crippen LogP) is 5.06. The number of carbonyl (C=O) groups is 2. The molecule has 0 spiro atoms. The van der Waals surface area contributed by atoms with Crippen molar-refractivity contribution < 1.29 is 18.7 Å². The van der Waals surface area contributed by atoms with Crippen LogP contribution in [0.15, 0.2) is 77.2 Å². The van der Waals surface area contributed by atoms with Crippen LogP contribution in [0.5, 0.6) is 5.75 Å². The van der Waals surface area contributed by atoms with Gasteiger partial charge in [-0.2, -0.15) is 0 Å². The molecule has 1 aromatic heterocycles. The fraction of sp³-hybridized carbons (Fsp3) is 0.214. The van der Waals surface area contributed by atoms with Gasteiger partial charge in [-0.25, -0.2) is 0 Å².